The molecule has 0 fully saturated rings. The molecule has 38 heavy (non-hydrogen) atoms. The fourth-order valence-electron chi connectivity index (χ4n) is 3.42. The van der Waals surface area contributed by atoms with Crippen LogP contribution in [0.15, 0.2) is 30.3 Å². The zero-order valence-electron chi connectivity index (χ0n) is 19.1. The quantitative estimate of drug-likeness (QED) is 0.0747. The van der Waals surface area contributed by atoms with Crippen LogP contribution in [-0.4, -0.2) is 78.9 Å². The Morgan fingerprint density at radius 2 is 1.45 bits per heavy atom. The molecule has 0 radical (unpaired) electrons. The van der Waals surface area contributed by atoms with Gasteiger partial charge >= 0.3 is 0 Å². The molecule has 0 unspecified atom stereocenters. The third kappa shape index (κ3) is 5.64. The summed E-state index contributed by atoms with van der Waals surface area (Å²) in [7, 11) is 0. The highest BCUT2D eigenvalue weighted by Gasteiger charge is 2.56. The van der Waals surface area contributed by atoms with Gasteiger partial charge in [-0.3, -0.25) is 4.79 Å². The van der Waals surface area contributed by atoms with Crippen LogP contribution < -0.4 is 16.4 Å². The SMILES string of the molecule is Nc1nc(CC(=O)Nc2c(O)c(O)c(C(O)(O)C(O)(O)NC(O)(O)Cc3ccccc3)c(O)c2O)c(O)s1. The Labute approximate surface area is 216 Å². The number of thiazole rings is 1. The number of carbonyl (C=O) groups is 1. The van der Waals surface area contributed by atoms with Crippen LogP contribution in [0.5, 0.6) is 28.1 Å². The van der Waals surface area contributed by atoms with Crippen LogP contribution in [0.3, 0.4) is 0 Å². The lowest BCUT2D eigenvalue weighted by Gasteiger charge is -2.40. The number of phenolic OH excluding ortho intramolecular Hbond substituents is 4. The molecular formula is C21H24N4O12S. The number of anilines is 2. The van der Waals surface area contributed by atoms with Crippen molar-refractivity contribution in [2.24, 2.45) is 0 Å². The highest BCUT2D eigenvalue weighted by atomic mass is 32.1. The molecular weight excluding hydrogens is 532 g/mol. The normalized spacial score (nSPS) is 12.5. The van der Waals surface area contributed by atoms with E-state index in [1.165, 1.54) is 29.6 Å². The molecule has 1 heterocycles. The summed E-state index contributed by atoms with van der Waals surface area (Å²) in [6.07, 6.45) is -1.38. The molecule has 16 nitrogen and oxygen atoms in total. The Kier molecular flexibility index (Phi) is 7.59. The number of aromatic hydroxyl groups is 5. The molecule has 206 valence electrons. The van der Waals surface area contributed by atoms with Crippen LogP contribution in [0.4, 0.5) is 10.8 Å². The summed E-state index contributed by atoms with van der Waals surface area (Å²) < 4.78 is 0. The van der Waals surface area contributed by atoms with E-state index in [0.717, 1.165) is 0 Å². The summed E-state index contributed by atoms with van der Waals surface area (Å²) in [5.74, 6) is -19.0. The van der Waals surface area contributed by atoms with Crippen molar-refractivity contribution in [3.63, 3.8) is 0 Å². The summed E-state index contributed by atoms with van der Waals surface area (Å²) >= 11 is 0.659. The van der Waals surface area contributed by atoms with E-state index in [4.69, 9.17) is 5.73 Å². The molecule has 17 heteroatoms. The number of hydrogen-bond donors (Lipinski definition) is 14. The summed E-state index contributed by atoms with van der Waals surface area (Å²) in [5, 5.41) is 115. The number of hydrogen-bond acceptors (Lipinski definition) is 16. The van der Waals surface area contributed by atoms with E-state index < -0.39 is 75.7 Å². The Morgan fingerprint density at radius 3 is 1.95 bits per heavy atom. The highest BCUT2D eigenvalue weighted by Crippen LogP contribution is 2.54. The second-order valence-electron chi connectivity index (χ2n) is 8.12. The van der Waals surface area contributed by atoms with Crippen LogP contribution in [0.25, 0.3) is 0 Å². The van der Waals surface area contributed by atoms with Crippen molar-refractivity contribution in [2.45, 2.75) is 30.5 Å². The van der Waals surface area contributed by atoms with Crippen molar-refractivity contribution in [1.82, 2.24) is 10.3 Å². The first kappa shape index (κ1) is 28.6. The minimum atomic E-state index is -4.25. The van der Waals surface area contributed by atoms with Gasteiger partial charge in [-0.25, -0.2) is 10.3 Å². The van der Waals surface area contributed by atoms with Gasteiger partial charge in [-0.1, -0.05) is 41.7 Å². The summed E-state index contributed by atoms with van der Waals surface area (Å²) in [5.41, 5.74) is 2.72. The van der Waals surface area contributed by atoms with E-state index in [-0.39, 0.29) is 16.4 Å². The Bertz CT molecular complexity index is 1310. The van der Waals surface area contributed by atoms with E-state index in [1.807, 2.05) is 5.32 Å². The van der Waals surface area contributed by atoms with Gasteiger partial charge < -0.3 is 67.2 Å². The number of nitrogens with zero attached hydrogens (tertiary/aromatic N) is 1. The van der Waals surface area contributed by atoms with Gasteiger partial charge in [0.1, 0.15) is 16.9 Å². The molecule has 0 bridgehead atoms. The predicted molar refractivity (Wildman–Crippen MR) is 127 cm³/mol. The lowest BCUT2D eigenvalue weighted by Crippen LogP contribution is -2.68. The summed E-state index contributed by atoms with van der Waals surface area (Å²) in [6, 6.07) is 7.51. The molecule has 3 aromatic rings. The Balaban J connectivity index is 1.92. The van der Waals surface area contributed by atoms with Crippen molar-refractivity contribution < 1.29 is 61.0 Å². The third-order valence-electron chi connectivity index (χ3n) is 5.18. The van der Waals surface area contributed by atoms with Crippen molar-refractivity contribution in [1.29, 1.82) is 0 Å². The number of nitrogens with two attached hydrogens (primary N) is 1. The second kappa shape index (κ2) is 10.1. The highest BCUT2D eigenvalue weighted by molar-refractivity contribution is 7.17. The standard InChI is InChI=1S/C21H24N4O12S/c22-18-23-9(17(31)38-18)6-10(26)24-12-15(29)13(27)11(14(28)16(12)30)20(34,35)21(36,37)25-19(32,33)7-8-4-2-1-3-5-8/h1-5,25,27-37H,6-7H2,(H2,22,23)(H,24,26). The number of aliphatic hydroxyl groups is 6. The number of aromatic nitrogens is 1. The van der Waals surface area contributed by atoms with Crippen molar-refractivity contribution in [2.75, 3.05) is 11.1 Å². The predicted octanol–water partition coefficient (Wildman–Crippen LogP) is -2.32. The lowest BCUT2D eigenvalue weighted by molar-refractivity contribution is -0.407. The average molecular weight is 557 g/mol. The van der Waals surface area contributed by atoms with Gasteiger partial charge in [0.15, 0.2) is 33.2 Å². The first-order valence-corrected chi connectivity index (χ1v) is 11.2. The molecule has 0 saturated heterocycles. The molecule has 1 amide bonds. The molecule has 3 rings (SSSR count). The van der Waals surface area contributed by atoms with Crippen LogP contribution in [-0.2, 0) is 23.4 Å². The van der Waals surface area contributed by atoms with Gasteiger partial charge in [0.05, 0.1) is 6.42 Å². The number of benzene rings is 2. The van der Waals surface area contributed by atoms with Crippen molar-refractivity contribution >= 4 is 28.1 Å². The number of nitrogen functional groups attached to an aromatic ring is 1. The van der Waals surface area contributed by atoms with E-state index in [0.29, 0.717) is 11.3 Å². The maximum atomic E-state index is 12.3. The van der Waals surface area contributed by atoms with E-state index >= 15 is 0 Å². The number of rotatable bonds is 9. The first-order chi connectivity index (χ1) is 17.5. The van der Waals surface area contributed by atoms with Gasteiger partial charge in [-0.05, 0) is 5.56 Å². The molecule has 0 spiro atoms. The average Bonchev–Trinajstić information content (AvgIpc) is 3.11. The smallest absolute Gasteiger partial charge is 0.288 e. The van der Waals surface area contributed by atoms with Gasteiger partial charge in [0.25, 0.3) is 11.7 Å². The van der Waals surface area contributed by atoms with Gasteiger partial charge in [-0.15, -0.1) is 0 Å². The van der Waals surface area contributed by atoms with Crippen LogP contribution in [0, 0.1) is 0 Å². The molecule has 0 aliphatic heterocycles. The van der Waals surface area contributed by atoms with Crippen LogP contribution in [0.1, 0.15) is 16.8 Å². The molecule has 15 N–H and O–H groups in total. The Morgan fingerprint density at radius 1 is 0.895 bits per heavy atom. The van der Waals surface area contributed by atoms with Gasteiger partial charge in [-0.2, -0.15) is 0 Å². The van der Waals surface area contributed by atoms with Crippen LogP contribution >= 0.6 is 11.3 Å². The maximum absolute atomic E-state index is 12.3. The summed E-state index contributed by atoms with van der Waals surface area (Å²) in [6.45, 7) is 0. The van der Waals surface area contributed by atoms with Crippen molar-refractivity contribution in [3.05, 3.63) is 47.2 Å². The molecule has 0 saturated carbocycles. The maximum Gasteiger partial charge on any atom is 0.288 e. The van der Waals surface area contributed by atoms with Gasteiger partial charge in [0.2, 0.25) is 11.8 Å². The van der Waals surface area contributed by atoms with Crippen molar-refractivity contribution in [3.8, 4) is 28.1 Å². The topological polar surface area (TPSA) is 303 Å². The van der Waals surface area contributed by atoms with E-state index in [2.05, 4.69) is 4.98 Å². The number of amides is 1. The zero-order chi connectivity index (χ0) is 28.6. The number of phenols is 4. The fourth-order valence-corrected chi connectivity index (χ4v) is 4.01. The molecule has 0 aliphatic rings. The minimum absolute atomic E-state index is 0.0680. The molecule has 2 aromatic carbocycles. The molecule has 0 atom stereocenters. The fraction of sp³-hybridized carbons (Fsp3) is 0.238. The molecule has 1 aromatic heterocycles. The lowest BCUT2D eigenvalue weighted by atomic mass is 9.96. The summed E-state index contributed by atoms with van der Waals surface area (Å²) in [4.78, 5) is 16.0. The number of nitrogens with one attached hydrogen (secondary N) is 2. The van der Waals surface area contributed by atoms with Gasteiger partial charge in [0, 0.05) is 6.42 Å². The Hall–Kier alpha value is -3.94. The third-order valence-corrected chi connectivity index (χ3v) is 5.91. The van der Waals surface area contributed by atoms with Crippen LogP contribution in [0.2, 0.25) is 0 Å². The van der Waals surface area contributed by atoms with E-state index in [9.17, 15) is 61.0 Å². The second-order valence-corrected chi connectivity index (χ2v) is 9.13. The number of carbonyl (C=O) groups excluding carboxylic acids is 1. The zero-order valence-corrected chi connectivity index (χ0v) is 19.9. The monoisotopic (exact) mass is 556 g/mol. The first-order valence-electron chi connectivity index (χ1n) is 10.4. The minimum Gasteiger partial charge on any atom is -0.504 e. The van der Waals surface area contributed by atoms with E-state index in [1.54, 1.807) is 6.07 Å². The molecule has 0 aliphatic carbocycles. The largest absolute Gasteiger partial charge is 0.504 e.